The summed E-state index contributed by atoms with van der Waals surface area (Å²) in [5.74, 6) is 0.130. The number of nitrogens with two attached hydrogens (primary N) is 1. The minimum absolute atomic E-state index is 0.130. The van der Waals surface area contributed by atoms with Gasteiger partial charge in [-0.2, -0.15) is 9.97 Å². The second kappa shape index (κ2) is 5.96. The second-order valence-corrected chi connectivity index (χ2v) is 5.76. The molecule has 7 heteroatoms. The standard InChI is InChI=1S/C16H17ClN6/c1-4-5-11-9(2)6-19-12(10(11)3)7-23-8-20-13-14(17)21-16(18)22-15(13)23/h4,6,8H,1,5,7H2,2-3H3,(H2,18,21,22). The minimum atomic E-state index is 0.130. The van der Waals surface area contributed by atoms with Crippen LogP contribution >= 0.6 is 11.6 Å². The van der Waals surface area contributed by atoms with Gasteiger partial charge in [0.05, 0.1) is 18.6 Å². The topological polar surface area (TPSA) is 82.5 Å². The van der Waals surface area contributed by atoms with Gasteiger partial charge in [0.2, 0.25) is 5.95 Å². The van der Waals surface area contributed by atoms with Crippen LogP contribution in [0.4, 0.5) is 5.95 Å². The number of imidazole rings is 1. The average Bonchev–Trinajstić information content (AvgIpc) is 2.90. The number of anilines is 1. The maximum Gasteiger partial charge on any atom is 0.223 e. The van der Waals surface area contributed by atoms with Crippen molar-refractivity contribution in [2.45, 2.75) is 26.8 Å². The van der Waals surface area contributed by atoms with Crippen LogP contribution in [0, 0.1) is 13.8 Å². The first-order chi connectivity index (χ1) is 11.0. The number of allylic oxidation sites excluding steroid dienone is 1. The summed E-state index contributed by atoms with van der Waals surface area (Å²) in [6.07, 6.45) is 6.29. The van der Waals surface area contributed by atoms with Gasteiger partial charge in [-0.05, 0) is 37.0 Å². The van der Waals surface area contributed by atoms with Crippen LogP contribution in [0.5, 0.6) is 0 Å². The molecule has 3 rings (SSSR count). The van der Waals surface area contributed by atoms with E-state index in [0.29, 0.717) is 17.7 Å². The van der Waals surface area contributed by atoms with Crippen LogP contribution in [0.3, 0.4) is 0 Å². The Hall–Kier alpha value is -2.47. The lowest BCUT2D eigenvalue weighted by Crippen LogP contribution is -2.07. The molecule has 0 spiro atoms. The molecule has 0 atom stereocenters. The van der Waals surface area contributed by atoms with Gasteiger partial charge in [0.25, 0.3) is 0 Å². The molecule has 2 N–H and O–H groups in total. The molecule has 0 amide bonds. The number of nitrogen functional groups attached to an aromatic ring is 1. The number of hydrogen-bond donors (Lipinski definition) is 1. The molecular weight excluding hydrogens is 312 g/mol. The van der Waals surface area contributed by atoms with Crippen molar-refractivity contribution in [3.05, 3.63) is 52.7 Å². The first-order valence-electron chi connectivity index (χ1n) is 7.20. The average molecular weight is 329 g/mol. The molecular formula is C16H17ClN6. The predicted octanol–water partition coefficient (Wildman–Crippen LogP) is 2.85. The SMILES string of the molecule is C=CCc1c(C)cnc(Cn2cnc3c(Cl)nc(N)nc32)c1C. The summed E-state index contributed by atoms with van der Waals surface area (Å²) in [4.78, 5) is 17.0. The fourth-order valence-corrected chi connectivity index (χ4v) is 2.86. The number of nitrogens with zero attached hydrogens (tertiary/aromatic N) is 5. The van der Waals surface area contributed by atoms with E-state index in [4.69, 9.17) is 17.3 Å². The van der Waals surface area contributed by atoms with Crippen LogP contribution in [0.2, 0.25) is 5.15 Å². The summed E-state index contributed by atoms with van der Waals surface area (Å²) in [6, 6.07) is 0. The molecule has 23 heavy (non-hydrogen) atoms. The summed E-state index contributed by atoms with van der Waals surface area (Å²) in [7, 11) is 0. The Balaban J connectivity index is 2.06. The maximum absolute atomic E-state index is 6.06. The zero-order chi connectivity index (χ0) is 16.6. The highest BCUT2D eigenvalue weighted by Crippen LogP contribution is 2.22. The van der Waals surface area contributed by atoms with Crippen molar-refractivity contribution in [3.63, 3.8) is 0 Å². The Morgan fingerprint density at radius 2 is 2.09 bits per heavy atom. The quantitative estimate of drug-likeness (QED) is 0.588. The van der Waals surface area contributed by atoms with Crippen molar-refractivity contribution in [1.82, 2.24) is 24.5 Å². The number of rotatable bonds is 4. The van der Waals surface area contributed by atoms with Gasteiger partial charge < -0.3 is 10.3 Å². The Morgan fingerprint density at radius 1 is 1.30 bits per heavy atom. The van der Waals surface area contributed by atoms with Gasteiger partial charge in [0, 0.05) is 6.20 Å². The van der Waals surface area contributed by atoms with E-state index >= 15 is 0 Å². The molecule has 0 aliphatic carbocycles. The van der Waals surface area contributed by atoms with Crippen LogP contribution in [0.1, 0.15) is 22.4 Å². The fourth-order valence-electron chi connectivity index (χ4n) is 2.64. The van der Waals surface area contributed by atoms with Crippen LogP contribution < -0.4 is 5.73 Å². The Morgan fingerprint density at radius 3 is 2.83 bits per heavy atom. The molecule has 0 aliphatic heterocycles. The molecule has 0 saturated heterocycles. The van der Waals surface area contributed by atoms with E-state index in [9.17, 15) is 0 Å². The van der Waals surface area contributed by atoms with Gasteiger partial charge in [-0.1, -0.05) is 17.7 Å². The van der Waals surface area contributed by atoms with Gasteiger partial charge >= 0.3 is 0 Å². The van der Waals surface area contributed by atoms with Gasteiger partial charge in [0.1, 0.15) is 5.52 Å². The Bertz CT molecular complexity index is 899. The number of hydrogen-bond acceptors (Lipinski definition) is 5. The first-order valence-corrected chi connectivity index (χ1v) is 7.57. The highest BCUT2D eigenvalue weighted by Gasteiger charge is 2.13. The molecule has 3 heterocycles. The largest absolute Gasteiger partial charge is 0.368 e. The number of fused-ring (bicyclic) bond motifs is 1. The molecule has 3 aromatic heterocycles. The van der Waals surface area contributed by atoms with Crippen molar-refractivity contribution >= 4 is 28.7 Å². The molecule has 0 radical (unpaired) electrons. The third-order valence-corrected chi connectivity index (χ3v) is 4.15. The lowest BCUT2D eigenvalue weighted by atomic mass is 10.00. The Labute approximate surface area is 139 Å². The fraction of sp³-hybridized carbons (Fsp3) is 0.250. The number of halogens is 1. The highest BCUT2D eigenvalue weighted by atomic mass is 35.5. The molecule has 0 saturated carbocycles. The van der Waals surface area contributed by atoms with E-state index < -0.39 is 0 Å². The molecule has 118 valence electrons. The van der Waals surface area contributed by atoms with E-state index in [0.717, 1.165) is 23.2 Å². The van der Waals surface area contributed by atoms with Crippen LogP contribution in [0.15, 0.2) is 25.2 Å². The second-order valence-electron chi connectivity index (χ2n) is 5.40. The third kappa shape index (κ3) is 2.77. The number of pyridine rings is 1. The van der Waals surface area contributed by atoms with Gasteiger partial charge in [0.15, 0.2) is 10.8 Å². The van der Waals surface area contributed by atoms with Crippen LogP contribution in [-0.2, 0) is 13.0 Å². The zero-order valence-corrected chi connectivity index (χ0v) is 13.8. The van der Waals surface area contributed by atoms with Crippen molar-refractivity contribution in [2.75, 3.05) is 5.73 Å². The molecule has 0 unspecified atom stereocenters. The van der Waals surface area contributed by atoms with E-state index in [-0.39, 0.29) is 11.1 Å². The number of aryl methyl sites for hydroxylation is 1. The van der Waals surface area contributed by atoms with Crippen molar-refractivity contribution in [3.8, 4) is 0 Å². The van der Waals surface area contributed by atoms with Gasteiger partial charge in [-0.15, -0.1) is 6.58 Å². The summed E-state index contributed by atoms with van der Waals surface area (Å²) in [6.45, 7) is 8.50. The monoisotopic (exact) mass is 328 g/mol. The van der Waals surface area contributed by atoms with E-state index in [2.05, 4.69) is 40.4 Å². The third-order valence-electron chi connectivity index (χ3n) is 3.88. The highest BCUT2D eigenvalue weighted by molar-refractivity contribution is 6.33. The smallest absolute Gasteiger partial charge is 0.223 e. The summed E-state index contributed by atoms with van der Waals surface area (Å²) in [5, 5.41) is 0.257. The van der Waals surface area contributed by atoms with Crippen molar-refractivity contribution in [2.24, 2.45) is 0 Å². The van der Waals surface area contributed by atoms with Crippen LogP contribution in [-0.4, -0.2) is 24.5 Å². The normalized spacial score (nSPS) is 11.1. The molecule has 0 bridgehead atoms. The maximum atomic E-state index is 6.06. The van der Waals surface area contributed by atoms with E-state index in [1.807, 2.05) is 16.8 Å². The molecule has 0 fully saturated rings. The molecule has 0 aromatic carbocycles. The summed E-state index contributed by atoms with van der Waals surface area (Å²) < 4.78 is 1.88. The van der Waals surface area contributed by atoms with Crippen molar-refractivity contribution in [1.29, 1.82) is 0 Å². The molecule has 3 aromatic rings. The predicted molar refractivity (Wildman–Crippen MR) is 91.5 cm³/mol. The lowest BCUT2D eigenvalue weighted by Gasteiger charge is -2.13. The molecule has 0 aliphatic rings. The Kier molecular flexibility index (Phi) is 4.00. The summed E-state index contributed by atoms with van der Waals surface area (Å²) >= 11 is 6.06. The van der Waals surface area contributed by atoms with Crippen LogP contribution in [0.25, 0.3) is 11.2 Å². The van der Waals surface area contributed by atoms with E-state index in [1.54, 1.807) is 6.33 Å². The van der Waals surface area contributed by atoms with Gasteiger partial charge in [-0.3, -0.25) is 4.98 Å². The molecule has 6 nitrogen and oxygen atoms in total. The lowest BCUT2D eigenvalue weighted by molar-refractivity contribution is 0.776. The van der Waals surface area contributed by atoms with Gasteiger partial charge in [-0.25, -0.2) is 4.98 Å². The first kappa shape index (κ1) is 15.4. The summed E-state index contributed by atoms with van der Waals surface area (Å²) in [5.41, 5.74) is 11.4. The zero-order valence-electron chi connectivity index (χ0n) is 13.0. The van der Waals surface area contributed by atoms with Crippen molar-refractivity contribution < 1.29 is 0 Å². The minimum Gasteiger partial charge on any atom is -0.368 e. The van der Waals surface area contributed by atoms with E-state index in [1.165, 1.54) is 5.56 Å². The number of aromatic nitrogens is 5.